The van der Waals surface area contributed by atoms with E-state index in [0.29, 0.717) is 12.2 Å². The predicted molar refractivity (Wildman–Crippen MR) is 73.6 cm³/mol. The first kappa shape index (κ1) is 14.9. The van der Waals surface area contributed by atoms with Crippen LogP contribution in [0.2, 0.25) is 0 Å². The zero-order valence-corrected chi connectivity index (χ0v) is 11.8. The van der Waals surface area contributed by atoms with Crippen molar-refractivity contribution in [3.8, 4) is 17.6 Å². The van der Waals surface area contributed by atoms with E-state index in [4.69, 9.17) is 16.3 Å². The fourth-order valence-electron chi connectivity index (χ4n) is 1.29. The van der Waals surface area contributed by atoms with E-state index in [2.05, 4.69) is 32.6 Å². The summed E-state index contributed by atoms with van der Waals surface area (Å²) in [6, 6.07) is 4.59. The highest BCUT2D eigenvalue weighted by atomic mass is 35.5. The third-order valence-electron chi connectivity index (χ3n) is 2.34. The lowest BCUT2D eigenvalue weighted by Crippen LogP contribution is -2.11. The third kappa shape index (κ3) is 5.42. The van der Waals surface area contributed by atoms with Crippen LogP contribution in [0.5, 0.6) is 5.75 Å². The lowest BCUT2D eigenvalue weighted by molar-refractivity contribution is 0.235. The van der Waals surface area contributed by atoms with E-state index in [1.807, 2.05) is 0 Å². The molecule has 0 aliphatic carbocycles. The highest BCUT2D eigenvalue weighted by Crippen LogP contribution is 2.22. The topological polar surface area (TPSA) is 9.23 Å². The molecule has 1 aromatic carbocycles. The van der Waals surface area contributed by atoms with Crippen LogP contribution < -0.4 is 4.74 Å². The monoisotopic (exact) mass is 268 g/mol. The molecule has 1 rings (SSSR count). The summed E-state index contributed by atoms with van der Waals surface area (Å²) in [5.74, 6) is 5.72. The summed E-state index contributed by atoms with van der Waals surface area (Å²) >= 11 is 5.48. The number of benzene rings is 1. The van der Waals surface area contributed by atoms with Crippen LogP contribution in [0, 0.1) is 23.1 Å². The van der Waals surface area contributed by atoms with Crippen LogP contribution in [-0.2, 0) is 0 Å². The summed E-state index contributed by atoms with van der Waals surface area (Å²) in [5, 5.41) is 0. The maximum atomic E-state index is 13.5. The first-order chi connectivity index (χ1) is 8.42. The summed E-state index contributed by atoms with van der Waals surface area (Å²) in [7, 11) is 0. The van der Waals surface area contributed by atoms with Gasteiger partial charge in [-0.2, -0.15) is 0 Å². The molecule has 0 spiro atoms. The molecule has 1 nitrogen and oxygen atoms in total. The molecule has 0 bridgehead atoms. The summed E-state index contributed by atoms with van der Waals surface area (Å²) in [6.45, 7) is 6.85. The molecule has 0 radical (unpaired) electrons. The summed E-state index contributed by atoms with van der Waals surface area (Å²) in [6.07, 6.45) is 0.865. The number of hydrogen-bond donors (Lipinski definition) is 0. The molecular formula is C15H18ClFO. The van der Waals surface area contributed by atoms with Gasteiger partial charge in [0.2, 0.25) is 0 Å². The number of rotatable bonds is 3. The Morgan fingerprint density at radius 2 is 2.06 bits per heavy atom. The lowest BCUT2D eigenvalue weighted by atomic mass is 9.93. The minimum atomic E-state index is -0.361. The fraction of sp³-hybridized carbons (Fsp3) is 0.467. The number of hydrogen-bond acceptors (Lipinski definition) is 1. The summed E-state index contributed by atoms with van der Waals surface area (Å²) in [4.78, 5) is 0. The van der Waals surface area contributed by atoms with Gasteiger partial charge in [-0.3, -0.25) is 0 Å². The van der Waals surface area contributed by atoms with E-state index in [1.165, 1.54) is 6.07 Å². The van der Waals surface area contributed by atoms with E-state index in [0.717, 1.165) is 6.42 Å². The molecule has 0 atom stereocenters. The Morgan fingerprint density at radius 3 is 2.67 bits per heavy atom. The van der Waals surface area contributed by atoms with Crippen molar-refractivity contribution in [1.82, 2.24) is 0 Å². The Morgan fingerprint density at radius 1 is 1.33 bits per heavy atom. The van der Waals surface area contributed by atoms with E-state index in [-0.39, 0.29) is 22.9 Å². The Bertz CT molecular complexity index is 452. The molecule has 3 heteroatoms. The molecule has 1 aromatic rings. The highest BCUT2D eigenvalue weighted by Gasteiger charge is 2.11. The zero-order valence-electron chi connectivity index (χ0n) is 11.0. The molecule has 0 saturated carbocycles. The van der Waals surface area contributed by atoms with Gasteiger partial charge in [0, 0.05) is 5.56 Å². The molecule has 98 valence electrons. The van der Waals surface area contributed by atoms with Crippen molar-refractivity contribution in [3.63, 3.8) is 0 Å². The fourth-order valence-corrected chi connectivity index (χ4v) is 1.36. The Balaban J connectivity index is 2.69. The second-order valence-electron chi connectivity index (χ2n) is 5.24. The van der Waals surface area contributed by atoms with Crippen molar-refractivity contribution in [3.05, 3.63) is 29.6 Å². The number of halogens is 2. The minimum Gasteiger partial charge on any atom is -0.490 e. The van der Waals surface area contributed by atoms with Crippen molar-refractivity contribution >= 4 is 11.6 Å². The summed E-state index contributed by atoms with van der Waals surface area (Å²) < 4.78 is 19.0. The zero-order chi connectivity index (χ0) is 13.6. The molecule has 0 unspecified atom stereocenters. The lowest BCUT2D eigenvalue weighted by Gasteiger charge is -2.18. The van der Waals surface area contributed by atoms with Gasteiger partial charge in [-0.25, -0.2) is 4.39 Å². The number of alkyl halides is 1. The van der Waals surface area contributed by atoms with E-state index in [9.17, 15) is 4.39 Å². The van der Waals surface area contributed by atoms with Crippen LogP contribution in [0.1, 0.15) is 32.8 Å². The molecular weight excluding hydrogens is 251 g/mol. The van der Waals surface area contributed by atoms with Crippen molar-refractivity contribution in [2.45, 2.75) is 27.2 Å². The third-order valence-corrected chi connectivity index (χ3v) is 2.47. The van der Waals surface area contributed by atoms with Gasteiger partial charge in [-0.15, -0.1) is 11.6 Å². The molecule has 0 aliphatic rings. The SMILES string of the molecule is CC(C)(C)CCOc1cc(C#CCCl)ccc1F. The Labute approximate surface area is 113 Å². The minimum absolute atomic E-state index is 0.173. The normalized spacial score (nSPS) is 10.7. The van der Waals surface area contributed by atoms with Crippen LogP contribution in [0.25, 0.3) is 0 Å². The van der Waals surface area contributed by atoms with Gasteiger partial charge in [0.1, 0.15) is 0 Å². The van der Waals surface area contributed by atoms with Crippen LogP contribution in [-0.4, -0.2) is 12.5 Å². The molecule has 0 N–H and O–H groups in total. The first-order valence-electron chi connectivity index (χ1n) is 5.89. The quantitative estimate of drug-likeness (QED) is 0.589. The maximum Gasteiger partial charge on any atom is 0.165 e. The van der Waals surface area contributed by atoms with Gasteiger partial charge in [-0.1, -0.05) is 32.6 Å². The van der Waals surface area contributed by atoms with Crippen molar-refractivity contribution in [2.75, 3.05) is 12.5 Å². The van der Waals surface area contributed by atoms with E-state index >= 15 is 0 Å². The van der Waals surface area contributed by atoms with Gasteiger partial charge in [0.15, 0.2) is 11.6 Å². The molecule has 0 heterocycles. The Kier molecular flexibility index (Phi) is 5.50. The number of ether oxygens (including phenoxy) is 1. The second-order valence-corrected chi connectivity index (χ2v) is 5.51. The molecule has 0 amide bonds. The van der Waals surface area contributed by atoms with Gasteiger partial charge >= 0.3 is 0 Å². The molecule has 0 saturated heterocycles. The highest BCUT2D eigenvalue weighted by molar-refractivity contribution is 6.19. The largest absolute Gasteiger partial charge is 0.490 e. The average Bonchev–Trinajstić information content (AvgIpc) is 2.28. The standard InChI is InChI=1S/C15H18ClFO/c1-15(2,3)8-10-18-14-11-12(5-4-9-16)6-7-13(14)17/h6-7,11H,8-10H2,1-3H3. The average molecular weight is 269 g/mol. The molecule has 0 aromatic heterocycles. The van der Waals surface area contributed by atoms with Gasteiger partial charge in [-0.05, 0) is 30.0 Å². The van der Waals surface area contributed by atoms with Gasteiger partial charge < -0.3 is 4.74 Å². The van der Waals surface area contributed by atoms with Crippen molar-refractivity contribution in [2.24, 2.45) is 5.41 Å². The molecule has 0 fully saturated rings. The predicted octanol–water partition coefficient (Wildman–Crippen LogP) is 4.23. The van der Waals surface area contributed by atoms with E-state index in [1.54, 1.807) is 12.1 Å². The van der Waals surface area contributed by atoms with Crippen LogP contribution in [0.4, 0.5) is 4.39 Å². The summed E-state index contributed by atoms with van der Waals surface area (Å²) in [5.41, 5.74) is 0.884. The van der Waals surface area contributed by atoms with Crippen LogP contribution in [0.15, 0.2) is 18.2 Å². The van der Waals surface area contributed by atoms with Gasteiger partial charge in [0.25, 0.3) is 0 Å². The van der Waals surface area contributed by atoms with Crippen molar-refractivity contribution < 1.29 is 9.13 Å². The Hall–Kier alpha value is -1.20. The van der Waals surface area contributed by atoms with Crippen LogP contribution in [0.3, 0.4) is 0 Å². The van der Waals surface area contributed by atoms with Crippen molar-refractivity contribution in [1.29, 1.82) is 0 Å². The molecule has 0 aliphatic heterocycles. The maximum absolute atomic E-state index is 13.5. The smallest absolute Gasteiger partial charge is 0.165 e. The van der Waals surface area contributed by atoms with Crippen LogP contribution >= 0.6 is 11.6 Å². The first-order valence-corrected chi connectivity index (χ1v) is 6.43. The van der Waals surface area contributed by atoms with Gasteiger partial charge in [0.05, 0.1) is 12.5 Å². The molecule has 18 heavy (non-hydrogen) atoms. The van der Waals surface area contributed by atoms with E-state index < -0.39 is 0 Å². The second kappa shape index (κ2) is 6.66.